The van der Waals surface area contributed by atoms with Crippen molar-refractivity contribution in [3.8, 4) is 11.1 Å². The third kappa shape index (κ3) is 1.54. The topological polar surface area (TPSA) is 37.3 Å². The van der Waals surface area contributed by atoms with Crippen LogP contribution in [0, 0.1) is 0 Å². The van der Waals surface area contributed by atoms with E-state index in [0.717, 1.165) is 26.7 Å². The molecule has 17 heavy (non-hydrogen) atoms. The number of rotatable bonds is 1. The molecule has 0 fully saturated rings. The number of carbonyl (C=O) groups is 1. The third-order valence-corrected chi connectivity index (χ3v) is 3.52. The molecule has 84 valence electrons. The van der Waals surface area contributed by atoms with Gasteiger partial charge in [0.2, 0.25) is 0 Å². The molecular formula is C14H9BrO2. The van der Waals surface area contributed by atoms with Gasteiger partial charge in [-0.25, -0.2) is 0 Å². The van der Waals surface area contributed by atoms with Crippen molar-refractivity contribution in [1.29, 1.82) is 0 Å². The van der Waals surface area contributed by atoms with E-state index in [9.17, 15) is 4.79 Å². The van der Waals surface area contributed by atoms with Crippen LogP contribution in [0.3, 0.4) is 0 Å². The number of hydrogen-bond donors (Lipinski definition) is 1. The monoisotopic (exact) mass is 288 g/mol. The van der Waals surface area contributed by atoms with Crippen LogP contribution in [0.25, 0.3) is 11.1 Å². The normalized spacial score (nSPS) is 12.5. The molecule has 0 aliphatic heterocycles. The fourth-order valence-electron chi connectivity index (χ4n) is 2.19. The minimum atomic E-state index is -0.0411. The van der Waals surface area contributed by atoms with Gasteiger partial charge in [0.05, 0.1) is 6.61 Å². The highest BCUT2D eigenvalue weighted by molar-refractivity contribution is 9.10. The average Bonchev–Trinajstić information content (AvgIpc) is 2.62. The van der Waals surface area contributed by atoms with Gasteiger partial charge < -0.3 is 5.11 Å². The smallest absolute Gasteiger partial charge is 0.194 e. The Morgan fingerprint density at radius 1 is 0.941 bits per heavy atom. The Labute approximate surface area is 107 Å². The summed E-state index contributed by atoms with van der Waals surface area (Å²) in [4.78, 5) is 12.2. The molecule has 1 N–H and O–H groups in total. The van der Waals surface area contributed by atoms with Crippen molar-refractivity contribution in [2.75, 3.05) is 0 Å². The quantitative estimate of drug-likeness (QED) is 0.747. The molecule has 0 atom stereocenters. The van der Waals surface area contributed by atoms with Gasteiger partial charge in [-0.1, -0.05) is 28.1 Å². The maximum absolute atomic E-state index is 12.2. The SMILES string of the molecule is O=C1c2cc(CO)ccc2-c2cc(Br)ccc21. The molecule has 0 heterocycles. The number of fused-ring (bicyclic) bond motifs is 3. The molecule has 0 saturated carbocycles. The molecule has 0 amide bonds. The lowest BCUT2D eigenvalue weighted by atomic mass is 10.0. The van der Waals surface area contributed by atoms with E-state index in [-0.39, 0.29) is 12.4 Å². The average molecular weight is 289 g/mol. The Balaban J connectivity index is 2.28. The van der Waals surface area contributed by atoms with Crippen LogP contribution >= 0.6 is 15.9 Å². The van der Waals surface area contributed by atoms with Crippen LogP contribution in [-0.4, -0.2) is 10.9 Å². The van der Waals surface area contributed by atoms with Crippen molar-refractivity contribution in [1.82, 2.24) is 0 Å². The summed E-state index contributed by atoms with van der Waals surface area (Å²) in [6.07, 6.45) is 0. The summed E-state index contributed by atoms with van der Waals surface area (Å²) >= 11 is 3.41. The van der Waals surface area contributed by atoms with Crippen LogP contribution in [0.4, 0.5) is 0 Å². The Kier molecular flexibility index (Phi) is 2.38. The summed E-state index contributed by atoms with van der Waals surface area (Å²) in [5, 5.41) is 9.10. The first-order valence-electron chi connectivity index (χ1n) is 5.29. The van der Waals surface area contributed by atoms with Gasteiger partial charge in [0.1, 0.15) is 0 Å². The predicted molar refractivity (Wildman–Crippen MR) is 68.9 cm³/mol. The largest absolute Gasteiger partial charge is 0.392 e. The maximum Gasteiger partial charge on any atom is 0.194 e. The number of ketones is 1. The van der Waals surface area contributed by atoms with Crippen LogP contribution in [0.2, 0.25) is 0 Å². The summed E-state index contributed by atoms with van der Waals surface area (Å²) in [6, 6.07) is 11.2. The molecule has 0 spiro atoms. The highest BCUT2D eigenvalue weighted by Crippen LogP contribution is 2.38. The molecule has 2 nitrogen and oxygen atoms in total. The summed E-state index contributed by atoms with van der Waals surface area (Å²) in [5.74, 6) is 0.0396. The van der Waals surface area contributed by atoms with Crippen LogP contribution in [0.15, 0.2) is 40.9 Å². The number of carbonyl (C=O) groups excluding carboxylic acids is 1. The molecule has 0 saturated heterocycles. The molecule has 3 heteroatoms. The Morgan fingerprint density at radius 2 is 1.71 bits per heavy atom. The molecule has 2 aromatic carbocycles. The lowest BCUT2D eigenvalue weighted by Gasteiger charge is -2.01. The fraction of sp³-hybridized carbons (Fsp3) is 0.0714. The van der Waals surface area contributed by atoms with E-state index < -0.39 is 0 Å². The van der Waals surface area contributed by atoms with E-state index >= 15 is 0 Å². The van der Waals surface area contributed by atoms with Gasteiger partial charge >= 0.3 is 0 Å². The summed E-state index contributed by atoms with van der Waals surface area (Å²) in [7, 11) is 0. The van der Waals surface area contributed by atoms with Gasteiger partial charge in [-0.05, 0) is 41.0 Å². The fourth-order valence-corrected chi connectivity index (χ4v) is 2.56. The zero-order chi connectivity index (χ0) is 12.0. The van der Waals surface area contributed by atoms with Gasteiger partial charge in [-0.3, -0.25) is 4.79 Å². The zero-order valence-electron chi connectivity index (χ0n) is 8.90. The second-order valence-corrected chi connectivity index (χ2v) is 4.97. The van der Waals surface area contributed by atoms with E-state index in [1.165, 1.54) is 0 Å². The van der Waals surface area contributed by atoms with E-state index in [4.69, 9.17) is 5.11 Å². The van der Waals surface area contributed by atoms with E-state index in [2.05, 4.69) is 15.9 Å². The standard InChI is InChI=1S/C14H9BrO2/c15-9-2-4-11-12(6-9)10-3-1-8(7-16)5-13(10)14(11)17/h1-6,16H,7H2. The molecular weight excluding hydrogens is 280 g/mol. The van der Waals surface area contributed by atoms with Gasteiger partial charge in [-0.15, -0.1) is 0 Å². The van der Waals surface area contributed by atoms with E-state index in [1.807, 2.05) is 30.3 Å². The first-order valence-corrected chi connectivity index (χ1v) is 6.08. The van der Waals surface area contributed by atoms with Crippen molar-refractivity contribution in [2.45, 2.75) is 6.61 Å². The van der Waals surface area contributed by atoms with Gasteiger partial charge in [0.25, 0.3) is 0 Å². The van der Waals surface area contributed by atoms with Crippen molar-refractivity contribution < 1.29 is 9.90 Å². The summed E-state index contributed by atoms with van der Waals surface area (Å²) in [5.41, 5.74) is 4.10. The highest BCUT2D eigenvalue weighted by Gasteiger charge is 2.26. The van der Waals surface area contributed by atoms with Crippen LogP contribution in [0.1, 0.15) is 21.5 Å². The van der Waals surface area contributed by atoms with E-state index in [1.54, 1.807) is 6.07 Å². The van der Waals surface area contributed by atoms with Crippen molar-refractivity contribution in [2.24, 2.45) is 0 Å². The first-order chi connectivity index (χ1) is 8.20. The molecule has 1 aliphatic carbocycles. The summed E-state index contributed by atoms with van der Waals surface area (Å²) < 4.78 is 0.961. The van der Waals surface area contributed by atoms with Crippen LogP contribution in [0.5, 0.6) is 0 Å². The number of hydrogen-bond acceptors (Lipinski definition) is 2. The zero-order valence-corrected chi connectivity index (χ0v) is 10.5. The minimum Gasteiger partial charge on any atom is -0.392 e. The molecule has 0 radical (unpaired) electrons. The highest BCUT2D eigenvalue weighted by atomic mass is 79.9. The predicted octanol–water partition coefficient (Wildman–Crippen LogP) is 3.15. The Bertz CT molecular complexity index is 632. The van der Waals surface area contributed by atoms with Gasteiger partial charge in [0, 0.05) is 15.6 Å². The molecule has 0 bridgehead atoms. The summed E-state index contributed by atoms with van der Waals surface area (Å²) in [6.45, 7) is -0.0411. The number of aliphatic hydroxyl groups is 1. The molecule has 0 aromatic heterocycles. The number of halogens is 1. The molecule has 2 aromatic rings. The van der Waals surface area contributed by atoms with Gasteiger partial charge in [0.15, 0.2) is 5.78 Å². The number of benzene rings is 2. The van der Waals surface area contributed by atoms with Gasteiger partial charge in [-0.2, -0.15) is 0 Å². The lowest BCUT2D eigenvalue weighted by Crippen LogP contribution is -1.96. The van der Waals surface area contributed by atoms with Crippen molar-refractivity contribution in [3.63, 3.8) is 0 Å². The molecule has 3 rings (SSSR count). The second kappa shape index (κ2) is 3.79. The van der Waals surface area contributed by atoms with Crippen LogP contribution < -0.4 is 0 Å². The number of aliphatic hydroxyl groups excluding tert-OH is 1. The maximum atomic E-state index is 12.2. The minimum absolute atomic E-state index is 0.0396. The Morgan fingerprint density at radius 3 is 2.47 bits per heavy atom. The second-order valence-electron chi connectivity index (χ2n) is 4.06. The first kappa shape index (κ1) is 10.7. The lowest BCUT2D eigenvalue weighted by molar-refractivity contribution is 0.104. The van der Waals surface area contributed by atoms with E-state index in [0.29, 0.717) is 5.56 Å². The Hall–Kier alpha value is -1.45. The third-order valence-electron chi connectivity index (χ3n) is 3.03. The van der Waals surface area contributed by atoms with Crippen LogP contribution in [-0.2, 0) is 6.61 Å². The van der Waals surface area contributed by atoms with Crippen molar-refractivity contribution in [3.05, 3.63) is 57.6 Å². The van der Waals surface area contributed by atoms with Crippen molar-refractivity contribution >= 4 is 21.7 Å². The molecule has 0 unspecified atom stereocenters. The molecule has 1 aliphatic rings.